The Morgan fingerprint density at radius 3 is 3.06 bits per heavy atom. The first-order valence-corrected chi connectivity index (χ1v) is 6.95. The van der Waals surface area contributed by atoms with E-state index in [4.69, 9.17) is 14.6 Å². The lowest BCUT2D eigenvalue weighted by atomic mass is 10.2. The summed E-state index contributed by atoms with van der Waals surface area (Å²) in [5.74, 6) is 7.28. The Morgan fingerprint density at radius 1 is 1.44 bits per heavy atom. The van der Waals surface area contributed by atoms with Crippen LogP contribution in [0.5, 0.6) is 5.75 Å². The number of ether oxygens (including phenoxy) is 2. The molecule has 96 valence electrons. The molecule has 0 saturated carbocycles. The van der Waals surface area contributed by atoms with Crippen LogP contribution in [0.4, 0.5) is 0 Å². The van der Waals surface area contributed by atoms with E-state index in [1.165, 1.54) is 0 Å². The van der Waals surface area contributed by atoms with Crippen LogP contribution in [0.25, 0.3) is 0 Å². The van der Waals surface area contributed by atoms with E-state index in [1.807, 2.05) is 36.0 Å². The number of benzene rings is 1. The summed E-state index contributed by atoms with van der Waals surface area (Å²) in [5.41, 5.74) is 0.863. The maximum Gasteiger partial charge on any atom is 0.120 e. The summed E-state index contributed by atoms with van der Waals surface area (Å²) in [6.45, 7) is 2.32. The molecule has 0 atom stereocenters. The van der Waals surface area contributed by atoms with Crippen LogP contribution < -0.4 is 4.74 Å². The first kappa shape index (κ1) is 13.3. The van der Waals surface area contributed by atoms with Crippen LogP contribution in [0, 0.1) is 11.8 Å². The average molecular weight is 264 g/mol. The summed E-state index contributed by atoms with van der Waals surface area (Å²) in [6.07, 6.45) is 0. The first-order valence-electron chi connectivity index (χ1n) is 5.90. The summed E-state index contributed by atoms with van der Waals surface area (Å²) in [5, 5.41) is 9.28. The second-order valence-electron chi connectivity index (χ2n) is 3.87. The quantitative estimate of drug-likeness (QED) is 0.647. The minimum absolute atomic E-state index is 0.120. The Labute approximate surface area is 111 Å². The number of aliphatic hydroxyl groups is 1. The molecule has 1 heterocycles. The maximum atomic E-state index is 8.63. The fraction of sp³-hybridized carbons (Fsp3) is 0.429. The predicted molar refractivity (Wildman–Crippen MR) is 73.0 cm³/mol. The minimum Gasteiger partial charge on any atom is -0.493 e. The summed E-state index contributed by atoms with van der Waals surface area (Å²) in [7, 11) is 0. The minimum atomic E-state index is -0.120. The Balaban J connectivity index is 1.74. The molecule has 0 aliphatic carbocycles. The topological polar surface area (TPSA) is 38.7 Å². The van der Waals surface area contributed by atoms with Crippen LogP contribution >= 0.6 is 11.8 Å². The molecule has 1 aliphatic rings. The molecule has 1 saturated heterocycles. The van der Waals surface area contributed by atoms with Gasteiger partial charge in [-0.2, -0.15) is 11.8 Å². The van der Waals surface area contributed by atoms with Gasteiger partial charge in [0.15, 0.2) is 0 Å². The van der Waals surface area contributed by atoms with Gasteiger partial charge in [0.05, 0.1) is 25.1 Å². The zero-order valence-corrected chi connectivity index (χ0v) is 10.9. The fourth-order valence-electron chi connectivity index (χ4n) is 1.49. The third-order valence-electron chi connectivity index (χ3n) is 2.46. The molecule has 1 aromatic carbocycles. The molecule has 2 rings (SSSR count). The van der Waals surface area contributed by atoms with Crippen molar-refractivity contribution in [3.05, 3.63) is 29.8 Å². The van der Waals surface area contributed by atoms with E-state index in [0.29, 0.717) is 11.9 Å². The van der Waals surface area contributed by atoms with Crippen LogP contribution in [0.2, 0.25) is 0 Å². The molecule has 1 N–H and O–H groups in total. The number of hydrogen-bond acceptors (Lipinski definition) is 4. The Bertz CT molecular complexity index is 432. The van der Waals surface area contributed by atoms with E-state index in [2.05, 4.69) is 11.8 Å². The molecule has 1 aromatic rings. The normalized spacial score (nSPS) is 14.5. The van der Waals surface area contributed by atoms with Crippen LogP contribution in [0.1, 0.15) is 5.56 Å². The molecule has 1 aliphatic heterocycles. The summed E-state index contributed by atoms with van der Waals surface area (Å²) < 4.78 is 10.8. The zero-order chi connectivity index (χ0) is 12.6. The van der Waals surface area contributed by atoms with Gasteiger partial charge < -0.3 is 14.6 Å². The highest BCUT2D eigenvalue weighted by molar-refractivity contribution is 8.00. The van der Waals surface area contributed by atoms with E-state index in [1.54, 1.807) is 0 Å². The number of rotatable bonds is 5. The third-order valence-corrected chi connectivity index (χ3v) is 3.60. The molecule has 0 radical (unpaired) electrons. The van der Waals surface area contributed by atoms with Gasteiger partial charge in [0, 0.05) is 11.3 Å². The molecule has 0 bridgehead atoms. The van der Waals surface area contributed by atoms with Gasteiger partial charge in [0.2, 0.25) is 0 Å². The van der Waals surface area contributed by atoms with Gasteiger partial charge in [-0.05, 0) is 18.2 Å². The van der Waals surface area contributed by atoms with Crippen molar-refractivity contribution in [1.29, 1.82) is 0 Å². The highest BCUT2D eigenvalue weighted by Crippen LogP contribution is 2.19. The molecule has 0 spiro atoms. The summed E-state index contributed by atoms with van der Waals surface area (Å²) in [6, 6.07) is 7.61. The van der Waals surface area contributed by atoms with Gasteiger partial charge in [0.25, 0.3) is 0 Å². The predicted octanol–water partition coefficient (Wildman–Crippen LogP) is 1.54. The van der Waals surface area contributed by atoms with Gasteiger partial charge >= 0.3 is 0 Å². The molecule has 4 heteroatoms. The van der Waals surface area contributed by atoms with E-state index in [9.17, 15) is 0 Å². The van der Waals surface area contributed by atoms with Crippen molar-refractivity contribution in [1.82, 2.24) is 0 Å². The first-order chi connectivity index (χ1) is 8.88. The molecule has 0 unspecified atom stereocenters. The van der Waals surface area contributed by atoms with Gasteiger partial charge in [-0.1, -0.05) is 17.9 Å². The third kappa shape index (κ3) is 4.26. The van der Waals surface area contributed by atoms with E-state index < -0.39 is 0 Å². The SMILES string of the molecule is OCC#Cc1cccc(OCCSC2COC2)c1. The summed E-state index contributed by atoms with van der Waals surface area (Å²) >= 11 is 1.89. The van der Waals surface area contributed by atoms with Crippen molar-refractivity contribution < 1.29 is 14.6 Å². The van der Waals surface area contributed by atoms with Gasteiger partial charge in [-0.15, -0.1) is 0 Å². The van der Waals surface area contributed by atoms with Crippen LogP contribution in [0.3, 0.4) is 0 Å². The van der Waals surface area contributed by atoms with Gasteiger partial charge in [-0.3, -0.25) is 0 Å². The lowest BCUT2D eigenvalue weighted by Crippen LogP contribution is -2.31. The second-order valence-corrected chi connectivity index (χ2v) is 5.27. The van der Waals surface area contributed by atoms with Crippen molar-refractivity contribution >= 4 is 11.8 Å². The highest BCUT2D eigenvalue weighted by Gasteiger charge is 2.17. The number of thioether (sulfide) groups is 1. The molecule has 0 amide bonds. The van der Waals surface area contributed by atoms with Crippen LogP contribution in [-0.2, 0) is 4.74 Å². The van der Waals surface area contributed by atoms with E-state index in [0.717, 1.165) is 30.3 Å². The lowest BCUT2D eigenvalue weighted by Gasteiger charge is -2.25. The molecular weight excluding hydrogens is 248 g/mol. The second kappa shape index (κ2) is 7.32. The molecule has 3 nitrogen and oxygen atoms in total. The molecule has 0 aromatic heterocycles. The molecule has 1 fully saturated rings. The van der Waals surface area contributed by atoms with E-state index >= 15 is 0 Å². The van der Waals surface area contributed by atoms with Gasteiger partial charge in [-0.25, -0.2) is 0 Å². The van der Waals surface area contributed by atoms with Crippen molar-refractivity contribution in [2.75, 3.05) is 32.2 Å². The number of aliphatic hydroxyl groups excluding tert-OH is 1. The highest BCUT2D eigenvalue weighted by atomic mass is 32.2. The molecular formula is C14H16O3S. The summed E-state index contributed by atoms with van der Waals surface area (Å²) in [4.78, 5) is 0. The Kier molecular flexibility index (Phi) is 5.40. The molecule has 18 heavy (non-hydrogen) atoms. The van der Waals surface area contributed by atoms with Crippen LogP contribution in [0.15, 0.2) is 24.3 Å². The van der Waals surface area contributed by atoms with E-state index in [-0.39, 0.29) is 6.61 Å². The Hall–Kier alpha value is -1.15. The monoisotopic (exact) mass is 264 g/mol. The largest absolute Gasteiger partial charge is 0.493 e. The standard InChI is InChI=1S/C14H16O3S/c15-6-2-4-12-3-1-5-13(9-12)17-7-8-18-14-10-16-11-14/h1,3,5,9,14-15H,6-8,10-11H2. The Morgan fingerprint density at radius 2 is 2.33 bits per heavy atom. The fourth-order valence-corrected chi connectivity index (χ4v) is 2.39. The van der Waals surface area contributed by atoms with Crippen molar-refractivity contribution in [2.24, 2.45) is 0 Å². The maximum absolute atomic E-state index is 8.63. The van der Waals surface area contributed by atoms with Crippen LogP contribution in [-0.4, -0.2) is 42.5 Å². The van der Waals surface area contributed by atoms with Gasteiger partial charge in [0.1, 0.15) is 12.4 Å². The van der Waals surface area contributed by atoms with Crippen molar-refractivity contribution in [3.8, 4) is 17.6 Å². The van der Waals surface area contributed by atoms with Crippen molar-refractivity contribution in [2.45, 2.75) is 5.25 Å². The smallest absolute Gasteiger partial charge is 0.120 e. The van der Waals surface area contributed by atoms with Crippen molar-refractivity contribution in [3.63, 3.8) is 0 Å². The zero-order valence-electron chi connectivity index (χ0n) is 10.1. The number of hydrogen-bond donors (Lipinski definition) is 1. The lowest BCUT2D eigenvalue weighted by molar-refractivity contribution is 0.0454. The average Bonchev–Trinajstić information content (AvgIpc) is 2.34.